The fourth-order valence-corrected chi connectivity index (χ4v) is 3.07. The lowest BCUT2D eigenvalue weighted by atomic mass is 9.98. The van der Waals surface area contributed by atoms with Crippen molar-refractivity contribution >= 4 is 16.8 Å². The van der Waals surface area contributed by atoms with Gasteiger partial charge in [0.2, 0.25) is 0 Å². The number of nitrogens with zero attached hydrogens (tertiary/aromatic N) is 1. The maximum absolute atomic E-state index is 12.5. The molecule has 1 aliphatic heterocycles. The molecule has 0 radical (unpaired) electrons. The van der Waals surface area contributed by atoms with Crippen molar-refractivity contribution in [2.45, 2.75) is 45.4 Å². The molecule has 112 valence electrons. The Balaban J connectivity index is 1.88. The fourth-order valence-electron chi connectivity index (χ4n) is 3.07. The number of rotatable bonds is 3. The molecule has 0 aliphatic carbocycles. The summed E-state index contributed by atoms with van der Waals surface area (Å²) >= 11 is 0. The standard InChI is InChI=1S/C18H24N2O/c1-3-13(2)14-7-8-15-12-17(19-16(15)11-14)18(21)20-9-5-4-6-10-20/h7-8,11-13,19H,3-6,9-10H2,1-2H3. The number of hydrogen-bond donors (Lipinski definition) is 1. The van der Waals surface area contributed by atoms with Crippen molar-refractivity contribution in [1.82, 2.24) is 9.88 Å². The molecule has 2 aromatic rings. The van der Waals surface area contributed by atoms with Crippen LogP contribution in [0.3, 0.4) is 0 Å². The smallest absolute Gasteiger partial charge is 0.270 e. The molecule has 1 atom stereocenters. The van der Waals surface area contributed by atoms with Gasteiger partial charge in [-0.05, 0) is 49.3 Å². The highest BCUT2D eigenvalue weighted by atomic mass is 16.2. The van der Waals surface area contributed by atoms with Crippen LogP contribution < -0.4 is 0 Å². The van der Waals surface area contributed by atoms with Crippen molar-refractivity contribution in [2.24, 2.45) is 0 Å². The Morgan fingerprint density at radius 1 is 1.24 bits per heavy atom. The summed E-state index contributed by atoms with van der Waals surface area (Å²) in [5.41, 5.74) is 3.14. The van der Waals surface area contributed by atoms with Crippen molar-refractivity contribution in [1.29, 1.82) is 0 Å². The summed E-state index contributed by atoms with van der Waals surface area (Å²) in [5, 5.41) is 1.13. The largest absolute Gasteiger partial charge is 0.351 e. The minimum Gasteiger partial charge on any atom is -0.351 e. The molecule has 3 heteroatoms. The van der Waals surface area contributed by atoms with Gasteiger partial charge in [-0.3, -0.25) is 4.79 Å². The molecule has 1 aromatic carbocycles. The number of aromatic amines is 1. The van der Waals surface area contributed by atoms with Crippen LogP contribution in [0.4, 0.5) is 0 Å². The molecule has 1 N–H and O–H groups in total. The Kier molecular flexibility index (Phi) is 4.00. The molecule has 1 unspecified atom stereocenters. The van der Waals surface area contributed by atoms with Crippen molar-refractivity contribution < 1.29 is 4.79 Å². The Morgan fingerprint density at radius 3 is 2.71 bits per heavy atom. The molecule has 1 aromatic heterocycles. The van der Waals surface area contributed by atoms with E-state index >= 15 is 0 Å². The van der Waals surface area contributed by atoms with Gasteiger partial charge in [0.05, 0.1) is 0 Å². The highest BCUT2D eigenvalue weighted by Crippen LogP contribution is 2.24. The van der Waals surface area contributed by atoms with Crippen molar-refractivity contribution in [3.8, 4) is 0 Å². The van der Waals surface area contributed by atoms with E-state index in [4.69, 9.17) is 0 Å². The third kappa shape index (κ3) is 2.82. The van der Waals surface area contributed by atoms with Gasteiger partial charge in [0, 0.05) is 24.0 Å². The Hall–Kier alpha value is -1.77. The van der Waals surface area contributed by atoms with E-state index in [1.165, 1.54) is 12.0 Å². The minimum atomic E-state index is 0.149. The summed E-state index contributed by atoms with van der Waals surface area (Å²) in [4.78, 5) is 17.8. The number of H-pyrrole nitrogens is 1. The quantitative estimate of drug-likeness (QED) is 0.896. The van der Waals surface area contributed by atoms with Crippen LogP contribution in [0, 0.1) is 0 Å². The predicted molar refractivity (Wildman–Crippen MR) is 86.8 cm³/mol. The first-order valence-electron chi connectivity index (χ1n) is 8.11. The summed E-state index contributed by atoms with van der Waals surface area (Å²) in [6.45, 7) is 6.23. The zero-order chi connectivity index (χ0) is 14.8. The average Bonchev–Trinajstić information content (AvgIpc) is 2.97. The maximum Gasteiger partial charge on any atom is 0.270 e. The van der Waals surface area contributed by atoms with Gasteiger partial charge >= 0.3 is 0 Å². The van der Waals surface area contributed by atoms with Gasteiger partial charge in [-0.2, -0.15) is 0 Å². The van der Waals surface area contributed by atoms with Gasteiger partial charge in [0.15, 0.2) is 0 Å². The van der Waals surface area contributed by atoms with Gasteiger partial charge in [-0.25, -0.2) is 0 Å². The Morgan fingerprint density at radius 2 is 2.00 bits per heavy atom. The number of aromatic nitrogens is 1. The number of piperidine rings is 1. The summed E-state index contributed by atoms with van der Waals surface area (Å²) in [6.07, 6.45) is 4.63. The predicted octanol–water partition coefficient (Wildman–Crippen LogP) is 4.31. The van der Waals surface area contributed by atoms with Crippen LogP contribution in [0.2, 0.25) is 0 Å². The highest BCUT2D eigenvalue weighted by Gasteiger charge is 2.19. The van der Waals surface area contributed by atoms with E-state index in [2.05, 4.69) is 37.0 Å². The number of carbonyl (C=O) groups is 1. The number of carbonyl (C=O) groups excluding carboxylic acids is 1. The van der Waals surface area contributed by atoms with Gasteiger partial charge in [0.25, 0.3) is 5.91 Å². The van der Waals surface area contributed by atoms with Crippen LogP contribution in [-0.2, 0) is 0 Å². The monoisotopic (exact) mass is 284 g/mol. The van der Waals surface area contributed by atoms with E-state index in [9.17, 15) is 4.79 Å². The molecule has 2 heterocycles. The van der Waals surface area contributed by atoms with E-state index in [0.29, 0.717) is 5.92 Å². The second kappa shape index (κ2) is 5.92. The average molecular weight is 284 g/mol. The summed E-state index contributed by atoms with van der Waals surface area (Å²) < 4.78 is 0. The second-order valence-corrected chi connectivity index (χ2v) is 6.19. The Bertz CT molecular complexity index is 638. The minimum absolute atomic E-state index is 0.149. The first-order valence-corrected chi connectivity index (χ1v) is 8.11. The molecule has 3 nitrogen and oxygen atoms in total. The topological polar surface area (TPSA) is 36.1 Å². The number of benzene rings is 1. The number of hydrogen-bond acceptors (Lipinski definition) is 1. The molecular formula is C18H24N2O. The van der Waals surface area contributed by atoms with E-state index < -0.39 is 0 Å². The van der Waals surface area contributed by atoms with Crippen LogP contribution in [0.25, 0.3) is 10.9 Å². The van der Waals surface area contributed by atoms with E-state index in [0.717, 1.165) is 48.9 Å². The summed E-state index contributed by atoms with van der Waals surface area (Å²) in [6, 6.07) is 8.49. The SMILES string of the molecule is CCC(C)c1ccc2cc(C(=O)N3CCCCC3)[nH]c2c1. The van der Waals surface area contributed by atoms with E-state index in [1.807, 2.05) is 11.0 Å². The molecule has 1 fully saturated rings. The van der Waals surface area contributed by atoms with Gasteiger partial charge in [-0.15, -0.1) is 0 Å². The van der Waals surface area contributed by atoms with Crippen LogP contribution in [0.15, 0.2) is 24.3 Å². The zero-order valence-electron chi connectivity index (χ0n) is 13.0. The second-order valence-electron chi connectivity index (χ2n) is 6.19. The summed E-state index contributed by atoms with van der Waals surface area (Å²) in [5.74, 6) is 0.704. The van der Waals surface area contributed by atoms with E-state index in [1.54, 1.807) is 0 Å². The number of amides is 1. The van der Waals surface area contributed by atoms with E-state index in [-0.39, 0.29) is 5.91 Å². The molecule has 21 heavy (non-hydrogen) atoms. The van der Waals surface area contributed by atoms with Gasteiger partial charge in [-0.1, -0.05) is 26.0 Å². The van der Waals surface area contributed by atoms with Gasteiger partial charge in [0.1, 0.15) is 5.69 Å². The molecular weight excluding hydrogens is 260 g/mol. The van der Waals surface area contributed by atoms with Gasteiger partial charge < -0.3 is 9.88 Å². The first kappa shape index (κ1) is 14.2. The highest BCUT2D eigenvalue weighted by molar-refractivity contribution is 5.98. The van der Waals surface area contributed by atoms with Crippen LogP contribution in [-0.4, -0.2) is 28.9 Å². The molecule has 0 saturated carbocycles. The first-order chi connectivity index (χ1) is 10.2. The fraction of sp³-hybridized carbons (Fsp3) is 0.500. The number of fused-ring (bicyclic) bond motifs is 1. The number of likely N-dealkylation sites (tertiary alicyclic amines) is 1. The normalized spacial score (nSPS) is 17.1. The molecule has 1 aliphatic rings. The molecule has 0 spiro atoms. The zero-order valence-corrected chi connectivity index (χ0v) is 13.0. The van der Waals surface area contributed by atoms with Crippen molar-refractivity contribution in [3.63, 3.8) is 0 Å². The third-order valence-electron chi connectivity index (χ3n) is 4.70. The van der Waals surface area contributed by atoms with Crippen molar-refractivity contribution in [2.75, 3.05) is 13.1 Å². The van der Waals surface area contributed by atoms with Crippen molar-refractivity contribution in [3.05, 3.63) is 35.5 Å². The molecule has 1 amide bonds. The van der Waals surface area contributed by atoms with Crippen LogP contribution in [0.1, 0.15) is 61.5 Å². The third-order valence-corrected chi connectivity index (χ3v) is 4.70. The van der Waals surface area contributed by atoms with Crippen LogP contribution >= 0.6 is 0 Å². The maximum atomic E-state index is 12.5. The summed E-state index contributed by atoms with van der Waals surface area (Å²) in [7, 11) is 0. The Labute approximate surface area is 126 Å². The lowest BCUT2D eigenvalue weighted by molar-refractivity contribution is 0.0719. The molecule has 1 saturated heterocycles. The lowest BCUT2D eigenvalue weighted by Crippen LogP contribution is -2.35. The molecule has 0 bridgehead atoms. The lowest BCUT2D eigenvalue weighted by Gasteiger charge is -2.26. The number of nitrogens with one attached hydrogen (secondary N) is 1. The van der Waals surface area contributed by atoms with Crippen LogP contribution in [0.5, 0.6) is 0 Å². The molecule has 3 rings (SSSR count).